The minimum atomic E-state index is -0.122. The standard InChI is InChI=1S/C14H28N2O/c1-14(2,3)16-13(17)11-15-10-6-9-12-7-4-5-8-12/h12,15H,4-11H2,1-3H3,(H,16,17). The third kappa shape index (κ3) is 7.37. The van der Waals surface area contributed by atoms with Crippen LogP contribution in [-0.2, 0) is 4.79 Å². The molecule has 3 nitrogen and oxygen atoms in total. The first kappa shape index (κ1) is 14.5. The molecule has 17 heavy (non-hydrogen) atoms. The van der Waals surface area contributed by atoms with E-state index in [4.69, 9.17) is 0 Å². The second-order valence-corrected chi connectivity index (χ2v) is 6.27. The molecule has 1 rings (SSSR count). The molecule has 100 valence electrons. The van der Waals surface area contributed by atoms with Crippen molar-refractivity contribution in [3.63, 3.8) is 0 Å². The summed E-state index contributed by atoms with van der Waals surface area (Å²) in [5.74, 6) is 1.05. The van der Waals surface area contributed by atoms with E-state index in [-0.39, 0.29) is 11.4 Å². The molecule has 0 aromatic rings. The van der Waals surface area contributed by atoms with Crippen molar-refractivity contribution in [1.29, 1.82) is 0 Å². The van der Waals surface area contributed by atoms with E-state index < -0.39 is 0 Å². The van der Waals surface area contributed by atoms with Crippen molar-refractivity contribution < 1.29 is 4.79 Å². The largest absolute Gasteiger partial charge is 0.350 e. The average Bonchev–Trinajstić information content (AvgIpc) is 2.67. The molecule has 0 aromatic heterocycles. The zero-order valence-corrected chi connectivity index (χ0v) is 11.6. The summed E-state index contributed by atoms with van der Waals surface area (Å²) in [4.78, 5) is 11.5. The molecule has 0 spiro atoms. The van der Waals surface area contributed by atoms with Crippen molar-refractivity contribution in [3.05, 3.63) is 0 Å². The highest BCUT2D eigenvalue weighted by atomic mass is 16.2. The lowest BCUT2D eigenvalue weighted by Gasteiger charge is -2.20. The molecule has 1 fully saturated rings. The summed E-state index contributed by atoms with van der Waals surface area (Å²) in [5, 5.41) is 6.17. The van der Waals surface area contributed by atoms with Crippen LogP contribution in [0.5, 0.6) is 0 Å². The molecule has 1 amide bonds. The SMILES string of the molecule is CC(C)(C)NC(=O)CNCCCC1CCCC1. The van der Waals surface area contributed by atoms with Crippen molar-refractivity contribution in [2.75, 3.05) is 13.1 Å². The smallest absolute Gasteiger partial charge is 0.234 e. The van der Waals surface area contributed by atoms with Crippen LogP contribution < -0.4 is 10.6 Å². The highest BCUT2D eigenvalue weighted by molar-refractivity contribution is 5.78. The number of rotatable bonds is 6. The fourth-order valence-corrected chi connectivity index (χ4v) is 2.48. The van der Waals surface area contributed by atoms with Crippen molar-refractivity contribution in [3.8, 4) is 0 Å². The van der Waals surface area contributed by atoms with Gasteiger partial charge < -0.3 is 10.6 Å². The lowest BCUT2D eigenvalue weighted by atomic mass is 10.0. The monoisotopic (exact) mass is 240 g/mol. The Morgan fingerprint density at radius 3 is 2.47 bits per heavy atom. The van der Waals surface area contributed by atoms with Gasteiger partial charge in [0.1, 0.15) is 0 Å². The van der Waals surface area contributed by atoms with E-state index >= 15 is 0 Å². The summed E-state index contributed by atoms with van der Waals surface area (Å²) < 4.78 is 0. The minimum absolute atomic E-state index is 0.0957. The van der Waals surface area contributed by atoms with Crippen LogP contribution in [0.1, 0.15) is 59.3 Å². The molecule has 0 unspecified atom stereocenters. The van der Waals surface area contributed by atoms with Gasteiger partial charge in [-0.1, -0.05) is 25.7 Å². The zero-order chi connectivity index (χ0) is 12.7. The van der Waals surface area contributed by atoms with Gasteiger partial charge in [-0.3, -0.25) is 4.79 Å². The first-order valence-electron chi connectivity index (χ1n) is 6.99. The molecule has 0 radical (unpaired) electrons. The van der Waals surface area contributed by atoms with Gasteiger partial charge >= 0.3 is 0 Å². The minimum Gasteiger partial charge on any atom is -0.350 e. The number of nitrogens with one attached hydrogen (secondary N) is 2. The molecule has 0 heterocycles. The van der Waals surface area contributed by atoms with Gasteiger partial charge in [0.2, 0.25) is 5.91 Å². The summed E-state index contributed by atoms with van der Waals surface area (Å²) in [6, 6.07) is 0. The number of hydrogen-bond acceptors (Lipinski definition) is 2. The Balaban J connectivity index is 1.94. The maximum Gasteiger partial charge on any atom is 0.234 e. The normalized spacial score (nSPS) is 17.4. The van der Waals surface area contributed by atoms with Crippen molar-refractivity contribution in [2.24, 2.45) is 5.92 Å². The molecule has 0 atom stereocenters. The Kier molecular flexibility index (Phi) is 5.96. The molecular weight excluding hydrogens is 212 g/mol. The van der Waals surface area contributed by atoms with E-state index in [1.165, 1.54) is 38.5 Å². The van der Waals surface area contributed by atoms with E-state index in [1.807, 2.05) is 20.8 Å². The van der Waals surface area contributed by atoms with Crippen LogP contribution >= 0.6 is 0 Å². The number of amides is 1. The maximum atomic E-state index is 11.5. The third-order valence-electron chi connectivity index (χ3n) is 3.24. The lowest BCUT2D eigenvalue weighted by molar-refractivity contribution is -0.121. The summed E-state index contributed by atoms with van der Waals surface area (Å²) in [5.41, 5.74) is -0.122. The van der Waals surface area contributed by atoms with Gasteiger partial charge in [-0.05, 0) is 46.1 Å². The Hall–Kier alpha value is -0.570. The molecule has 0 aliphatic heterocycles. The number of carbonyl (C=O) groups is 1. The molecule has 0 aromatic carbocycles. The fourth-order valence-electron chi connectivity index (χ4n) is 2.48. The van der Waals surface area contributed by atoms with Gasteiger partial charge in [-0.2, -0.15) is 0 Å². The average molecular weight is 240 g/mol. The van der Waals surface area contributed by atoms with Crippen LogP contribution in [0.25, 0.3) is 0 Å². The molecular formula is C14H28N2O. The zero-order valence-electron chi connectivity index (χ0n) is 11.6. The molecule has 1 aliphatic rings. The van der Waals surface area contributed by atoms with E-state index in [1.54, 1.807) is 0 Å². The van der Waals surface area contributed by atoms with E-state index in [0.29, 0.717) is 6.54 Å². The Labute approximate surface area is 106 Å². The lowest BCUT2D eigenvalue weighted by Crippen LogP contribution is -2.44. The summed E-state index contributed by atoms with van der Waals surface area (Å²) in [6.07, 6.45) is 8.22. The predicted octanol–water partition coefficient (Wildman–Crippen LogP) is 2.46. The van der Waals surface area contributed by atoms with Crippen LogP contribution in [0.4, 0.5) is 0 Å². The summed E-state index contributed by atoms with van der Waals surface area (Å²) in [6.45, 7) is 7.43. The molecule has 1 saturated carbocycles. The van der Waals surface area contributed by atoms with Gasteiger partial charge in [0.25, 0.3) is 0 Å². The van der Waals surface area contributed by atoms with Crippen LogP contribution in [-0.4, -0.2) is 24.5 Å². The van der Waals surface area contributed by atoms with Crippen molar-refractivity contribution in [1.82, 2.24) is 10.6 Å². The molecule has 0 saturated heterocycles. The van der Waals surface area contributed by atoms with Crippen LogP contribution in [0, 0.1) is 5.92 Å². The van der Waals surface area contributed by atoms with Crippen molar-refractivity contribution in [2.45, 2.75) is 64.8 Å². The topological polar surface area (TPSA) is 41.1 Å². The highest BCUT2D eigenvalue weighted by Crippen LogP contribution is 2.28. The predicted molar refractivity (Wildman–Crippen MR) is 72.0 cm³/mol. The van der Waals surface area contributed by atoms with Crippen LogP contribution in [0.3, 0.4) is 0 Å². The summed E-state index contributed by atoms with van der Waals surface area (Å²) >= 11 is 0. The molecule has 3 heteroatoms. The second-order valence-electron chi connectivity index (χ2n) is 6.27. The van der Waals surface area contributed by atoms with Gasteiger partial charge in [0.05, 0.1) is 6.54 Å². The van der Waals surface area contributed by atoms with E-state index in [9.17, 15) is 4.79 Å². The Bertz CT molecular complexity index is 227. The first-order valence-corrected chi connectivity index (χ1v) is 6.99. The van der Waals surface area contributed by atoms with Crippen molar-refractivity contribution >= 4 is 5.91 Å². The number of hydrogen-bond donors (Lipinski definition) is 2. The van der Waals surface area contributed by atoms with Gasteiger partial charge in [0.15, 0.2) is 0 Å². The third-order valence-corrected chi connectivity index (χ3v) is 3.24. The quantitative estimate of drug-likeness (QED) is 0.700. The Morgan fingerprint density at radius 1 is 1.24 bits per heavy atom. The number of carbonyl (C=O) groups excluding carboxylic acids is 1. The maximum absolute atomic E-state index is 11.5. The van der Waals surface area contributed by atoms with Crippen LogP contribution in [0.2, 0.25) is 0 Å². The van der Waals surface area contributed by atoms with Gasteiger partial charge in [-0.15, -0.1) is 0 Å². The van der Waals surface area contributed by atoms with E-state index in [2.05, 4.69) is 10.6 Å². The summed E-state index contributed by atoms with van der Waals surface area (Å²) in [7, 11) is 0. The molecule has 0 bridgehead atoms. The van der Waals surface area contributed by atoms with Crippen LogP contribution in [0.15, 0.2) is 0 Å². The molecule has 1 aliphatic carbocycles. The first-order chi connectivity index (χ1) is 7.97. The Morgan fingerprint density at radius 2 is 1.88 bits per heavy atom. The fraction of sp³-hybridized carbons (Fsp3) is 0.929. The second kappa shape index (κ2) is 7.00. The van der Waals surface area contributed by atoms with Gasteiger partial charge in [0, 0.05) is 5.54 Å². The highest BCUT2D eigenvalue weighted by Gasteiger charge is 2.15. The molecule has 2 N–H and O–H groups in total. The van der Waals surface area contributed by atoms with Gasteiger partial charge in [-0.25, -0.2) is 0 Å². The van der Waals surface area contributed by atoms with E-state index in [0.717, 1.165) is 12.5 Å².